The second-order valence-electron chi connectivity index (χ2n) is 9.94. The highest BCUT2D eigenvalue weighted by molar-refractivity contribution is 7.90. The van der Waals surface area contributed by atoms with Crippen LogP contribution in [0.1, 0.15) is 12.0 Å². The first kappa shape index (κ1) is 31.0. The van der Waals surface area contributed by atoms with Gasteiger partial charge in [-0.1, -0.05) is 0 Å². The molecule has 0 spiro atoms. The van der Waals surface area contributed by atoms with E-state index >= 15 is 0 Å². The normalized spacial score (nSPS) is 17.2. The van der Waals surface area contributed by atoms with Crippen molar-refractivity contribution < 1.29 is 21.9 Å². The Kier molecular flexibility index (Phi) is 8.92. The van der Waals surface area contributed by atoms with Crippen LogP contribution in [0, 0.1) is 17.1 Å². The molecule has 1 atom stereocenters. The Labute approximate surface area is 256 Å². The molecule has 0 amide bonds. The molecule has 4 heterocycles. The highest BCUT2D eigenvalue weighted by Gasteiger charge is 2.32. The number of hydrogen-bond acceptors (Lipinski definition) is 10. The Bertz CT molecular complexity index is 1900. The summed E-state index contributed by atoms with van der Waals surface area (Å²) in [5.74, 6) is -0.929. The van der Waals surface area contributed by atoms with Gasteiger partial charge in [0.2, 0.25) is 5.95 Å². The number of halogens is 3. The first-order chi connectivity index (χ1) is 20.7. The number of nitrogens with zero attached hydrogens (tertiary/aromatic N) is 7. The Morgan fingerprint density at radius 1 is 1.09 bits per heavy atom. The topological polar surface area (TPSA) is 158 Å². The molecule has 2 aliphatic rings. The molecule has 2 saturated heterocycles. The van der Waals surface area contributed by atoms with Crippen LogP contribution in [0.5, 0.6) is 11.5 Å². The molecule has 17 heteroatoms. The van der Waals surface area contributed by atoms with Crippen LogP contribution in [-0.4, -0.2) is 77.7 Å². The Morgan fingerprint density at radius 3 is 2.52 bits per heavy atom. The van der Waals surface area contributed by atoms with Crippen LogP contribution in [-0.2, 0) is 10.2 Å². The van der Waals surface area contributed by atoms with E-state index in [0.29, 0.717) is 17.2 Å². The van der Waals surface area contributed by atoms with Gasteiger partial charge in [0.15, 0.2) is 11.6 Å². The third-order valence-corrected chi connectivity index (χ3v) is 8.64. The minimum absolute atomic E-state index is 0. The van der Waals surface area contributed by atoms with Crippen molar-refractivity contribution in [1.82, 2.24) is 29.1 Å². The summed E-state index contributed by atoms with van der Waals surface area (Å²) in [6, 6.07) is 8.08. The number of nitrogens with one attached hydrogen (secondary N) is 2. The van der Waals surface area contributed by atoms with E-state index in [-0.39, 0.29) is 48.7 Å². The van der Waals surface area contributed by atoms with E-state index < -0.39 is 39.1 Å². The van der Waals surface area contributed by atoms with Gasteiger partial charge < -0.3 is 15.0 Å². The Morgan fingerprint density at radius 2 is 1.84 bits per heavy atom. The number of alkyl halides is 1. The van der Waals surface area contributed by atoms with Gasteiger partial charge in [0.1, 0.15) is 29.9 Å². The van der Waals surface area contributed by atoms with Crippen molar-refractivity contribution in [3.8, 4) is 23.3 Å². The van der Waals surface area contributed by atoms with E-state index in [1.807, 2.05) is 4.90 Å². The molecule has 230 valence electrons. The Balaban J connectivity index is 0.00000384. The minimum atomic E-state index is -4.21. The molecule has 44 heavy (non-hydrogen) atoms. The Hall–Kier alpha value is -4.43. The van der Waals surface area contributed by atoms with E-state index in [4.69, 9.17) is 4.74 Å². The van der Waals surface area contributed by atoms with Gasteiger partial charge in [-0.25, -0.2) is 23.7 Å². The molecule has 2 N–H and O–H groups in total. The number of rotatable bonds is 7. The predicted molar refractivity (Wildman–Crippen MR) is 160 cm³/mol. The van der Waals surface area contributed by atoms with Gasteiger partial charge in [0.25, 0.3) is 5.56 Å². The molecule has 13 nitrogen and oxygen atoms in total. The SMILES string of the molecule is Cl.N#Cc1c(NS(=O)(=O)N2CC[C@@H](F)C2)ccc(F)c1Oc1ccc2ncn(-c3cnc(N4CCNCC4)nc3)c(=O)c2c1. The zero-order valence-electron chi connectivity index (χ0n) is 23.0. The van der Waals surface area contributed by atoms with E-state index in [1.165, 1.54) is 41.5 Å². The van der Waals surface area contributed by atoms with Crippen LogP contribution >= 0.6 is 12.4 Å². The average Bonchev–Trinajstić information content (AvgIpc) is 3.47. The summed E-state index contributed by atoms with van der Waals surface area (Å²) >= 11 is 0. The lowest BCUT2D eigenvalue weighted by molar-refractivity contribution is 0.343. The number of fused-ring (bicyclic) bond motifs is 1. The summed E-state index contributed by atoms with van der Waals surface area (Å²) < 4.78 is 64.1. The van der Waals surface area contributed by atoms with Crippen LogP contribution in [0.3, 0.4) is 0 Å². The molecule has 0 saturated carbocycles. The van der Waals surface area contributed by atoms with Gasteiger partial charge in [-0.05, 0) is 36.8 Å². The smallest absolute Gasteiger partial charge is 0.301 e. The van der Waals surface area contributed by atoms with Gasteiger partial charge >= 0.3 is 10.2 Å². The minimum Gasteiger partial charge on any atom is -0.453 e. The van der Waals surface area contributed by atoms with Gasteiger partial charge in [-0.2, -0.15) is 18.0 Å². The second kappa shape index (κ2) is 12.7. The largest absolute Gasteiger partial charge is 0.453 e. The number of anilines is 2. The molecule has 0 aliphatic carbocycles. The highest BCUT2D eigenvalue weighted by Crippen LogP contribution is 2.34. The molecular formula is C27H26ClF2N9O4S. The van der Waals surface area contributed by atoms with Crippen molar-refractivity contribution in [3.63, 3.8) is 0 Å². The quantitative estimate of drug-likeness (QED) is 0.306. The third kappa shape index (κ3) is 6.13. The molecule has 2 aromatic carbocycles. The maximum absolute atomic E-state index is 14.9. The maximum Gasteiger partial charge on any atom is 0.301 e. The van der Waals surface area contributed by atoms with Crippen molar-refractivity contribution in [2.75, 3.05) is 48.9 Å². The number of benzene rings is 2. The van der Waals surface area contributed by atoms with Gasteiger partial charge in [-0.15, -0.1) is 12.4 Å². The van der Waals surface area contributed by atoms with Crippen LogP contribution in [0.15, 0.2) is 53.8 Å². The fourth-order valence-electron chi connectivity index (χ4n) is 4.90. The van der Waals surface area contributed by atoms with Crippen molar-refractivity contribution in [3.05, 3.63) is 70.8 Å². The van der Waals surface area contributed by atoms with E-state index in [0.717, 1.165) is 42.6 Å². The fourth-order valence-corrected chi connectivity index (χ4v) is 6.18. The molecule has 4 aromatic rings. The molecule has 0 unspecified atom stereocenters. The highest BCUT2D eigenvalue weighted by atomic mass is 35.5. The first-order valence-corrected chi connectivity index (χ1v) is 14.8. The predicted octanol–water partition coefficient (Wildman–Crippen LogP) is 2.51. The lowest BCUT2D eigenvalue weighted by atomic mass is 10.1. The van der Waals surface area contributed by atoms with Crippen LogP contribution in [0.2, 0.25) is 0 Å². The van der Waals surface area contributed by atoms with Gasteiger partial charge in [-0.3, -0.25) is 14.1 Å². The standard InChI is InChI=1S/C27H25F2N9O4S.ClH/c28-17-5-8-37(15-17)43(40,41)35-24-4-2-22(29)25(21(24)12-30)42-19-1-3-23-20(11-19)26(39)38(16-34-23)18-13-32-27(33-14-18)36-9-6-31-7-10-36;/h1-4,11,13-14,16-17,31,35H,5-10,15H2;1H/t17-;/m1./s1. The summed E-state index contributed by atoms with van der Waals surface area (Å²) in [5.41, 5.74) is -0.403. The third-order valence-electron chi connectivity index (χ3n) is 7.15. The fraction of sp³-hybridized carbons (Fsp3) is 0.296. The maximum atomic E-state index is 14.9. The summed E-state index contributed by atoms with van der Waals surface area (Å²) in [6.07, 6.45) is 3.16. The van der Waals surface area contributed by atoms with E-state index in [9.17, 15) is 27.3 Å². The average molecular weight is 646 g/mol. The molecule has 2 aliphatic heterocycles. The van der Waals surface area contributed by atoms with Crippen LogP contribution in [0.4, 0.5) is 20.4 Å². The van der Waals surface area contributed by atoms with E-state index in [2.05, 4.69) is 25.0 Å². The summed E-state index contributed by atoms with van der Waals surface area (Å²) in [5, 5.41) is 13.2. The number of aromatic nitrogens is 4. The zero-order chi connectivity index (χ0) is 30.1. The molecule has 6 rings (SSSR count). The number of nitriles is 1. The van der Waals surface area contributed by atoms with Crippen molar-refractivity contribution >= 4 is 45.2 Å². The van der Waals surface area contributed by atoms with Crippen molar-refractivity contribution in [1.29, 1.82) is 5.26 Å². The summed E-state index contributed by atoms with van der Waals surface area (Å²) in [4.78, 5) is 28.6. The van der Waals surface area contributed by atoms with E-state index in [1.54, 1.807) is 6.07 Å². The molecule has 0 bridgehead atoms. The van der Waals surface area contributed by atoms with Gasteiger partial charge in [0.05, 0.1) is 34.7 Å². The molecular weight excluding hydrogens is 620 g/mol. The number of piperazine rings is 1. The molecule has 2 fully saturated rings. The van der Waals surface area contributed by atoms with Crippen LogP contribution < -0.4 is 25.2 Å². The first-order valence-electron chi connectivity index (χ1n) is 13.4. The van der Waals surface area contributed by atoms with Crippen molar-refractivity contribution in [2.45, 2.75) is 12.6 Å². The lowest BCUT2D eigenvalue weighted by Crippen LogP contribution is -2.44. The van der Waals surface area contributed by atoms with Crippen LogP contribution in [0.25, 0.3) is 16.6 Å². The summed E-state index contributed by atoms with van der Waals surface area (Å²) in [7, 11) is -4.21. The second-order valence-corrected chi connectivity index (χ2v) is 11.6. The number of ether oxygens (including phenoxy) is 1. The zero-order valence-corrected chi connectivity index (χ0v) is 24.6. The monoisotopic (exact) mass is 645 g/mol. The van der Waals surface area contributed by atoms with Gasteiger partial charge in [0, 0.05) is 39.3 Å². The lowest BCUT2D eigenvalue weighted by Gasteiger charge is -2.27. The summed E-state index contributed by atoms with van der Waals surface area (Å²) in [6.45, 7) is 2.82. The van der Waals surface area contributed by atoms with Crippen molar-refractivity contribution in [2.24, 2.45) is 0 Å². The molecule has 2 aromatic heterocycles. The number of hydrogen-bond donors (Lipinski definition) is 2. The molecule has 0 radical (unpaired) electrons.